The first-order valence-electron chi connectivity index (χ1n) is 5.49. The van der Waals surface area contributed by atoms with Gasteiger partial charge in [0.05, 0.1) is 6.54 Å². The van der Waals surface area contributed by atoms with Crippen LogP contribution in [0.2, 0.25) is 0 Å². The van der Waals surface area contributed by atoms with Gasteiger partial charge in [0.1, 0.15) is 5.69 Å². The predicted molar refractivity (Wildman–Crippen MR) is 65.7 cm³/mol. The van der Waals surface area contributed by atoms with Gasteiger partial charge in [0.15, 0.2) is 0 Å². The maximum Gasteiger partial charge on any atom is 0.431 e. The summed E-state index contributed by atoms with van der Waals surface area (Å²) in [6.07, 6.45) is -4.57. The summed E-state index contributed by atoms with van der Waals surface area (Å²) < 4.78 is 39.2. The summed E-state index contributed by atoms with van der Waals surface area (Å²) in [4.78, 5) is 11.6. The van der Waals surface area contributed by atoms with Crippen LogP contribution in [0.25, 0.3) is 0 Å². The second kappa shape index (κ2) is 4.79. The first kappa shape index (κ1) is 13.2. The summed E-state index contributed by atoms with van der Waals surface area (Å²) in [5.74, 6) is 0. The second-order valence-corrected chi connectivity index (χ2v) is 4.08. The average molecular weight is 268 g/mol. The lowest BCUT2D eigenvalue weighted by Gasteiger charge is -2.15. The van der Waals surface area contributed by atoms with E-state index in [2.05, 4.69) is 0 Å². The van der Waals surface area contributed by atoms with E-state index >= 15 is 0 Å². The molecule has 6 heteroatoms. The molecule has 1 aromatic heterocycles. The number of pyridine rings is 1. The topological polar surface area (TPSA) is 48.0 Å². The average Bonchev–Trinajstić information content (AvgIpc) is 2.30. The molecule has 3 nitrogen and oxygen atoms in total. The molecule has 0 spiro atoms. The zero-order valence-corrected chi connectivity index (χ0v) is 9.82. The molecule has 0 atom stereocenters. The minimum Gasteiger partial charge on any atom is -0.399 e. The van der Waals surface area contributed by atoms with Crippen LogP contribution in [0, 0.1) is 0 Å². The second-order valence-electron chi connectivity index (χ2n) is 4.08. The first-order valence-corrected chi connectivity index (χ1v) is 5.49. The normalized spacial score (nSPS) is 11.5. The lowest BCUT2D eigenvalue weighted by Crippen LogP contribution is -2.27. The Bertz CT molecular complexity index is 647. The molecule has 0 saturated carbocycles. The van der Waals surface area contributed by atoms with Gasteiger partial charge in [0, 0.05) is 11.8 Å². The number of aromatic nitrogens is 1. The number of rotatable bonds is 2. The molecule has 0 aliphatic rings. The number of halogens is 3. The standard InChI is InChI=1S/C13H11F3N2O/c14-13(15,16)11-5-2-6-12(19)18(11)8-9-3-1-4-10(17)7-9/h1-7H,8,17H2. The lowest BCUT2D eigenvalue weighted by molar-refractivity contribution is -0.144. The molecule has 0 unspecified atom stereocenters. The summed E-state index contributed by atoms with van der Waals surface area (Å²) in [5.41, 5.74) is 4.88. The van der Waals surface area contributed by atoms with Gasteiger partial charge in [-0.3, -0.25) is 9.36 Å². The highest BCUT2D eigenvalue weighted by molar-refractivity contribution is 5.40. The number of hydrogen-bond acceptors (Lipinski definition) is 2. The monoisotopic (exact) mass is 268 g/mol. The molecule has 0 fully saturated rings. The van der Waals surface area contributed by atoms with Crippen LogP contribution >= 0.6 is 0 Å². The Balaban J connectivity index is 2.48. The Morgan fingerprint density at radius 2 is 1.79 bits per heavy atom. The summed E-state index contributed by atoms with van der Waals surface area (Å²) >= 11 is 0. The Labute approximate surface area is 107 Å². The van der Waals surface area contributed by atoms with Gasteiger partial charge in [-0.15, -0.1) is 0 Å². The highest BCUT2D eigenvalue weighted by Gasteiger charge is 2.34. The van der Waals surface area contributed by atoms with Crippen molar-refractivity contribution in [3.63, 3.8) is 0 Å². The van der Waals surface area contributed by atoms with E-state index in [1.165, 1.54) is 0 Å². The van der Waals surface area contributed by atoms with E-state index in [0.29, 0.717) is 15.8 Å². The van der Waals surface area contributed by atoms with Crippen molar-refractivity contribution in [2.75, 3.05) is 5.73 Å². The van der Waals surface area contributed by atoms with E-state index in [1.807, 2.05) is 0 Å². The van der Waals surface area contributed by atoms with Crippen LogP contribution in [-0.4, -0.2) is 4.57 Å². The Morgan fingerprint density at radius 3 is 2.42 bits per heavy atom. The van der Waals surface area contributed by atoms with E-state index in [4.69, 9.17) is 5.73 Å². The van der Waals surface area contributed by atoms with Crippen LogP contribution in [0.4, 0.5) is 18.9 Å². The molecule has 0 radical (unpaired) electrons. The minimum atomic E-state index is -4.57. The molecule has 1 aromatic carbocycles. The molecule has 1 heterocycles. The third kappa shape index (κ3) is 2.96. The number of nitrogen functional groups attached to an aromatic ring is 1. The van der Waals surface area contributed by atoms with Gasteiger partial charge in [-0.1, -0.05) is 18.2 Å². The Kier molecular flexibility index (Phi) is 3.33. The van der Waals surface area contributed by atoms with E-state index in [1.54, 1.807) is 24.3 Å². The molecular weight excluding hydrogens is 257 g/mol. The lowest BCUT2D eigenvalue weighted by atomic mass is 10.2. The highest BCUT2D eigenvalue weighted by atomic mass is 19.4. The number of benzene rings is 1. The first-order chi connectivity index (χ1) is 8.88. The van der Waals surface area contributed by atoms with Crippen LogP contribution in [-0.2, 0) is 12.7 Å². The van der Waals surface area contributed by atoms with Gasteiger partial charge >= 0.3 is 6.18 Å². The molecule has 0 amide bonds. The van der Waals surface area contributed by atoms with Crippen LogP contribution < -0.4 is 11.3 Å². The summed E-state index contributed by atoms with van der Waals surface area (Å²) in [5, 5.41) is 0. The Hall–Kier alpha value is -2.24. The number of hydrogen-bond donors (Lipinski definition) is 1. The molecular formula is C13H11F3N2O. The van der Waals surface area contributed by atoms with Crippen LogP contribution in [0.15, 0.2) is 47.3 Å². The molecule has 100 valence electrons. The van der Waals surface area contributed by atoms with Crippen molar-refractivity contribution in [1.82, 2.24) is 4.57 Å². The van der Waals surface area contributed by atoms with Crippen LogP contribution in [0.3, 0.4) is 0 Å². The predicted octanol–water partition coefficient (Wildman–Crippen LogP) is 2.50. The number of nitrogens with two attached hydrogens (primary N) is 1. The molecule has 2 aromatic rings. The van der Waals surface area contributed by atoms with E-state index in [9.17, 15) is 18.0 Å². The zero-order chi connectivity index (χ0) is 14.0. The van der Waals surface area contributed by atoms with E-state index in [0.717, 1.165) is 18.2 Å². The van der Waals surface area contributed by atoms with Gasteiger partial charge in [0.2, 0.25) is 0 Å². The SMILES string of the molecule is Nc1cccc(Cn2c(C(F)(F)F)cccc2=O)c1. The molecule has 19 heavy (non-hydrogen) atoms. The van der Waals surface area contributed by atoms with Crippen molar-refractivity contribution < 1.29 is 13.2 Å². The third-order valence-electron chi connectivity index (χ3n) is 2.63. The van der Waals surface area contributed by atoms with E-state index in [-0.39, 0.29) is 6.54 Å². The molecule has 2 rings (SSSR count). The third-order valence-corrected chi connectivity index (χ3v) is 2.63. The zero-order valence-electron chi connectivity index (χ0n) is 9.82. The van der Waals surface area contributed by atoms with Crippen molar-refractivity contribution in [3.05, 3.63) is 64.1 Å². The van der Waals surface area contributed by atoms with Crippen molar-refractivity contribution in [2.45, 2.75) is 12.7 Å². The molecule has 0 bridgehead atoms. The summed E-state index contributed by atoms with van der Waals surface area (Å²) in [6.45, 7) is -0.167. The van der Waals surface area contributed by atoms with Crippen LogP contribution in [0.5, 0.6) is 0 Å². The molecule has 2 N–H and O–H groups in total. The van der Waals surface area contributed by atoms with Crippen molar-refractivity contribution in [1.29, 1.82) is 0 Å². The number of alkyl halides is 3. The molecule has 0 saturated heterocycles. The molecule has 0 aliphatic carbocycles. The van der Waals surface area contributed by atoms with Gasteiger partial charge in [-0.25, -0.2) is 0 Å². The van der Waals surface area contributed by atoms with Gasteiger partial charge < -0.3 is 5.73 Å². The van der Waals surface area contributed by atoms with Gasteiger partial charge in [-0.05, 0) is 23.8 Å². The van der Waals surface area contributed by atoms with Crippen molar-refractivity contribution in [3.8, 4) is 0 Å². The van der Waals surface area contributed by atoms with Crippen molar-refractivity contribution in [2.24, 2.45) is 0 Å². The Morgan fingerprint density at radius 1 is 1.11 bits per heavy atom. The van der Waals surface area contributed by atoms with Crippen molar-refractivity contribution >= 4 is 5.69 Å². The van der Waals surface area contributed by atoms with Gasteiger partial charge in [0.25, 0.3) is 5.56 Å². The molecule has 0 aliphatic heterocycles. The maximum atomic E-state index is 12.8. The van der Waals surface area contributed by atoms with Crippen LogP contribution in [0.1, 0.15) is 11.3 Å². The number of nitrogens with zero attached hydrogens (tertiary/aromatic N) is 1. The quantitative estimate of drug-likeness (QED) is 0.851. The fraction of sp³-hybridized carbons (Fsp3) is 0.154. The summed E-state index contributed by atoms with van der Waals surface area (Å²) in [7, 11) is 0. The van der Waals surface area contributed by atoms with E-state index < -0.39 is 17.4 Å². The fourth-order valence-corrected chi connectivity index (χ4v) is 1.80. The minimum absolute atomic E-state index is 0.167. The summed E-state index contributed by atoms with van der Waals surface area (Å²) in [6, 6.07) is 9.50. The fourth-order valence-electron chi connectivity index (χ4n) is 1.80. The smallest absolute Gasteiger partial charge is 0.399 e. The van der Waals surface area contributed by atoms with Gasteiger partial charge in [-0.2, -0.15) is 13.2 Å². The number of anilines is 1. The maximum absolute atomic E-state index is 12.8. The largest absolute Gasteiger partial charge is 0.431 e. The highest BCUT2D eigenvalue weighted by Crippen LogP contribution is 2.28.